The van der Waals surface area contributed by atoms with Crippen LogP contribution in [0.5, 0.6) is 0 Å². The topological polar surface area (TPSA) is 129 Å². The Balaban J connectivity index is 1.38. The van der Waals surface area contributed by atoms with E-state index in [-0.39, 0.29) is 11.5 Å². The summed E-state index contributed by atoms with van der Waals surface area (Å²) in [5, 5.41) is 4.26. The van der Waals surface area contributed by atoms with Gasteiger partial charge in [-0.2, -0.15) is 4.98 Å². The number of nitrogens with one attached hydrogen (secondary N) is 3. The van der Waals surface area contributed by atoms with Crippen LogP contribution < -0.4 is 21.9 Å². The van der Waals surface area contributed by atoms with Crippen LogP contribution in [0.3, 0.4) is 0 Å². The second-order valence-corrected chi connectivity index (χ2v) is 9.01. The Morgan fingerprint density at radius 2 is 1.65 bits per heavy atom. The van der Waals surface area contributed by atoms with E-state index >= 15 is 0 Å². The van der Waals surface area contributed by atoms with E-state index in [1.165, 1.54) is 11.8 Å². The molecule has 40 heavy (non-hydrogen) atoms. The van der Waals surface area contributed by atoms with Gasteiger partial charge >= 0.3 is 6.03 Å². The molecule has 208 valence electrons. The normalized spacial score (nSPS) is 11.0. The van der Waals surface area contributed by atoms with Crippen molar-refractivity contribution in [1.82, 2.24) is 19.9 Å². The van der Waals surface area contributed by atoms with Gasteiger partial charge in [0.05, 0.1) is 11.3 Å². The van der Waals surface area contributed by atoms with Crippen molar-refractivity contribution < 1.29 is 18.0 Å². The Bertz CT molecular complexity index is 1500. The van der Waals surface area contributed by atoms with Crippen LogP contribution in [0.15, 0.2) is 71.9 Å². The summed E-state index contributed by atoms with van der Waals surface area (Å²) in [5.41, 5.74) is 7.73. The number of urea groups is 1. The standard InChI is InChI=1S/C28H28F3N7O2/c29-22-14-24(31)25(15-23(22)30)35-28(40)37-27-34-16-21(26(39)36-27)20-4-2-19(3-5-20)17-38(12-1-9-32)13-8-18-6-10-33-11-7-18/h2-7,10-11,14-16H,1,8-9,12-13,17,32H2,(H3,34,35,36,37,39,40). The maximum absolute atomic E-state index is 13.8. The maximum Gasteiger partial charge on any atom is 0.326 e. The van der Waals surface area contributed by atoms with Crippen molar-refractivity contribution in [2.75, 3.05) is 30.3 Å². The van der Waals surface area contributed by atoms with Gasteiger partial charge in [0.2, 0.25) is 5.95 Å². The van der Waals surface area contributed by atoms with Gasteiger partial charge in [-0.05, 0) is 54.8 Å². The first-order valence-corrected chi connectivity index (χ1v) is 12.6. The molecule has 0 fully saturated rings. The van der Waals surface area contributed by atoms with Crippen LogP contribution in [0.4, 0.5) is 29.6 Å². The molecule has 0 unspecified atom stereocenters. The van der Waals surface area contributed by atoms with Crippen LogP contribution in [0, 0.1) is 17.5 Å². The Kier molecular flexibility index (Phi) is 9.60. The van der Waals surface area contributed by atoms with Gasteiger partial charge in [-0.3, -0.25) is 20.0 Å². The molecule has 4 aromatic rings. The number of carbonyl (C=O) groups is 1. The molecule has 0 saturated heterocycles. The van der Waals surface area contributed by atoms with Crippen LogP contribution in [-0.2, 0) is 13.0 Å². The molecule has 4 rings (SSSR count). The van der Waals surface area contributed by atoms with Crippen LogP contribution in [0.2, 0.25) is 0 Å². The number of benzene rings is 2. The molecule has 2 amide bonds. The largest absolute Gasteiger partial charge is 0.331 e. The Morgan fingerprint density at radius 3 is 2.35 bits per heavy atom. The van der Waals surface area contributed by atoms with Gasteiger partial charge in [-0.1, -0.05) is 24.3 Å². The smallest absolute Gasteiger partial charge is 0.326 e. The molecule has 0 radical (unpaired) electrons. The molecular weight excluding hydrogens is 523 g/mol. The highest BCUT2D eigenvalue weighted by molar-refractivity contribution is 5.98. The lowest BCUT2D eigenvalue weighted by Crippen LogP contribution is -2.28. The monoisotopic (exact) mass is 551 g/mol. The first kappa shape index (κ1) is 28.5. The van der Waals surface area contributed by atoms with E-state index in [0.29, 0.717) is 24.2 Å². The predicted molar refractivity (Wildman–Crippen MR) is 146 cm³/mol. The van der Waals surface area contributed by atoms with Gasteiger partial charge in [0.1, 0.15) is 5.82 Å². The molecule has 2 aromatic heterocycles. The predicted octanol–water partition coefficient (Wildman–Crippen LogP) is 4.29. The Labute approximate surface area is 228 Å². The van der Waals surface area contributed by atoms with E-state index in [1.807, 2.05) is 41.7 Å². The van der Waals surface area contributed by atoms with E-state index in [2.05, 4.69) is 25.2 Å². The lowest BCUT2D eigenvalue weighted by molar-refractivity contribution is 0.262. The number of amides is 2. The second-order valence-electron chi connectivity index (χ2n) is 9.01. The highest BCUT2D eigenvalue weighted by atomic mass is 19.2. The number of pyridine rings is 1. The minimum atomic E-state index is -1.39. The summed E-state index contributed by atoms with van der Waals surface area (Å²) in [7, 11) is 0. The molecule has 0 aliphatic heterocycles. The molecule has 12 heteroatoms. The zero-order valence-electron chi connectivity index (χ0n) is 21.5. The van der Waals surface area contributed by atoms with Crippen molar-refractivity contribution in [3.8, 4) is 11.1 Å². The summed E-state index contributed by atoms with van der Waals surface area (Å²) in [4.78, 5) is 37.7. The molecule has 5 N–H and O–H groups in total. The zero-order valence-corrected chi connectivity index (χ0v) is 21.5. The van der Waals surface area contributed by atoms with Crippen LogP contribution in [0.25, 0.3) is 11.1 Å². The van der Waals surface area contributed by atoms with Crippen LogP contribution in [-0.4, -0.2) is 45.5 Å². The lowest BCUT2D eigenvalue weighted by Gasteiger charge is -2.22. The van der Waals surface area contributed by atoms with Gasteiger partial charge < -0.3 is 16.0 Å². The van der Waals surface area contributed by atoms with Crippen LogP contribution in [0.1, 0.15) is 17.5 Å². The average Bonchev–Trinajstić information content (AvgIpc) is 2.94. The lowest BCUT2D eigenvalue weighted by atomic mass is 10.1. The highest BCUT2D eigenvalue weighted by Gasteiger charge is 2.14. The molecule has 0 atom stereocenters. The van der Waals surface area contributed by atoms with Crippen molar-refractivity contribution in [1.29, 1.82) is 0 Å². The molecule has 0 spiro atoms. The third kappa shape index (κ3) is 7.74. The number of aromatic nitrogens is 3. The summed E-state index contributed by atoms with van der Waals surface area (Å²) in [6.07, 6.45) is 6.72. The maximum atomic E-state index is 13.8. The fraction of sp³-hybridized carbons (Fsp3) is 0.214. The van der Waals surface area contributed by atoms with Crippen molar-refractivity contribution >= 4 is 17.7 Å². The number of halogens is 3. The molecule has 0 aliphatic rings. The van der Waals surface area contributed by atoms with Crippen molar-refractivity contribution in [3.05, 3.63) is 106 Å². The summed E-state index contributed by atoms with van der Waals surface area (Å²) in [5.74, 6) is -4.09. The third-order valence-electron chi connectivity index (χ3n) is 6.10. The number of aromatic amines is 1. The number of nitrogens with zero attached hydrogens (tertiary/aromatic N) is 3. The summed E-state index contributed by atoms with van der Waals surface area (Å²) >= 11 is 0. The van der Waals surface area contributed by atoms with Gasteiger partial charge in [-0.15, -0.1) is 0 Å². The van der Waals surface area contributed by atoms with E-state index in [0.717, 1.165) is 38.0 Å². The number of rotatable bonds is 11. The van der Waals surface area contributed by atoms with E-state index < -0.39 is 34.7 Å². The molecule has 0 saturated carbocycles. The summed E-state index contributed by atoms with van der Waals surface area (Å²) < 4.78 is 40.2. The second kappa shape index (κ2) is 13.5. The molecule has 9 nitrogen and oxygen atoms in total. The number of hydrogen-bond acceptors (Lipinski definition) is 6. The minimum absolute atomic E-state index is 0.212. The van der Waals surface area contributed by atoms with Crippen LogP contribution >= 0.6 is 0 Å². The summed E-state index contributed by atoms with van der Waals surface area (Å²) in [6, 6.07) is 11.3. The third-order valence-corrected chi connectivity index (χ3v) is 6.10. The van der Waals surface area contributed by atoms with E-state index in [1.54, 1.807) is 12.4 Å². The first-order valence-electron chi connectivity index (χ1n) is 12.6. The van der Waals surface area contributed by atoms with Gasteiger partial charge in [0.25, 0.3) is 5.56 Å². The fourth-order valence-electron chi connectivity index (χ4n) is 4.02. The Hall–Kier alpha value is -4.55. The highest BCUT2D eigenvalue weighted by Crippen LogP contribution is 2.19. The van der Waals surface area contributed by atoms with Crippen molar-refractivity contribution in [2.45, 2.75) is 19.4 Å². The van der Waals surface area contributed by atoms with Gasteiger partial charge in [0.15, 0.2) is 11.6 Å². The van der Waals surface area contributed by atoms with Gasteiger partial charge in [-0.25, -0.2) is 18.0 Å². The molecule has 2 aromatic carbocycles. The number of nitrogens with two attached hydrogens (primary N) is 1. The molecule has 0 bridgehead atoms. The average molecular weight is 552 g/mol. The molecule has 0 aliphatic carbocycles. The number of carbonyl (C=O) groups excluding carboxylic acids is 1. The van der Waals surface area contributed by atoms with E-state index in [4.69, 9.17) is 5.73 Å². The minimum Gasteiger partial charge on any atom is -0.331 e. The Morgan fingerprint density at radius 1 is 0.925 bits per heavy atom. The van der Waals surface area contributed by atoms with E-state index in [9.17, 15) is 22.8 Å². The molecular formula is C28H28F3N7O2. The van der Waals surface area contributed by atoms with Crippen molar-refractivity contribution in [2.24, 2.45) is 5.73 Å². The first-order chi connectivity index (χ1) is 19.3. The zero-order chi connectivity index (χ0) is 28.5. The fourth-order valence-corrected chi connectivity index (χ4v) is 4.02. The number of hydrogen-bond donors (Lipinski definition) is 4. The molecule has 2 heterocycles. The SMILES string of the molecule is NCCCN(CCc1ccncc1)Cc1ccc(-c2c[nH]c(NC(=O)Nc3cc(F)c(F)cc3F)nc2=O)cc1. The van der Waals surface area contributed by atoms with Crippen molar-refractivity contribution in [3.63, 3.8) is 0 Å². The summed E-state index contributed by atoms with van der Waals surface area (Å²) in [6.45, 7) is 3.04. The quantitative estimate of drug-likeness (QED) is 0.206. The van der Waals surface area contributed by atoms with Gasteiger partial charge in [0, 0.05) is 43.8 Å². The number of H-pyrrole nitrogens is 1. The number of anilines is 2.